The van der Waals surface area contributed by atoms with Crippen LogP contribution in [0.5, 0.6) is 0 Å². The molecule has 0 heterocycles. The first-order chi connectivity index (χ1) is 16.1. The number of rotatable bonds is 5. The van der Waals surface area contributed by atoms with Gasteiger partial charge in [-0.3, -0.25) is 0 Å². The van der Waals surface area contributed by atoms with Crippen LogP contribution in [-0.4, -0.2) is 32.3 Å². The molecule has 0 fully saturated rings. The lowest BCUT2D eigenvalue weighted by molar-refractivity contribution is 0.0601. The average Bonchev–Trinajstić information content (AvgIpc) is 3.16. The number of nitrogens with one attached hydrogen (secondary N) is 1. The van der Waals surface area contributed by atoms with Crippen LogP contribution in [0, 0.1) is 11.8 Å². The van der Waals surface area contributed by atoms with Gasteiger partial charge in [0.15, 0.2) is 0 Å². The number of amides is 1. The minimum atomic E-state index is -0.494. The van der Waals surface area contributed by atoms with E-state index in [-0.39, 0.29) is 17.5 Å². The Kier molecular flexibility index (Phi) is 6.97. The van der Waals surface area contributed by atoms with Crippen molar-refractivity contribution >= 4 is 23.7 Å². The maximum Gasteiger partial charge on any atom is 0.407 e. The summed E-state index contributed by atoms with van der Waals surface area (Å²) in [5, 5.41) is 3.02. The molecule has 1 amide bonds. The molecule has 33 heavy (non-hydrogen) atoms. The number of ether oxygens (including phenoxy) is 2. The van der Waals surface area contributed by atoms with Gasteiger partial charge in [-0.2, -0.15) is 0 Å². The summed E-state index contributed by atoms with van der Waals surface area (Å²) in [6.07, 6.45) is -0.0234. The fraction of sp³-hybridized carbons (Fsp3) is 0.185. The first-order valence-corrected chi connectivity index (χ1v) is 10.9. The van der Waals surface area contributed by atoms with E-state index in [2.05, 4.69) is 46.2 Å². The van der Waals surface area contributed by atoms with Crippen molar-refractivity contribution in [1.29, 1.82) is 0 Å². The normalized spacial score (nSPS) is 11.6. The topological polar surface area (TPSA) is 64.6 Å². The van der Waals surface area contributed by atoms with E-state index in [0.717, 1.165) is 0 Å². The van der Waals surface area contributed by atoms with Crippen LogP contribution >= 0.6 is 11.6 Å². The van der Waals surface area contributed by atoms with E-state index in [9.17, 15) is 9.59 Å². The van der Waals surface area contributed by atoms with E-state index in [4.69, 9.17) is 16.3 Å². The minimum Gasteiger partial charge on any atom is -0.465 e. The molecule has 1 aliphatic rings. The Morgan fingerprint density at radius 1 is 1.00 bits per heavy atom. The molecule has 0 unspecified atom stereocenters. The standard InChI is InChI=1S/C27H22ClNO4/c1-32-26(30)23-14-13-18(16-25(23)28)8-6-7-15-29-27(31)33-17-24-21-11-4-2-9-19(21)20-10-3-5-12-22(20)24/h2-5,9-14,16,24H,7,15,17H2,1H3,(H,29,31). The molecule has 5 nitrogen and oxygen atoms in total. The Labute approximate surface area is 197 Å². The summed E-state index contributed by atoms with van der Waals surface area (Å²) in [6, 6.07) is 21.3. The Morgan fingerprint density at radius 3 is 2.30 bits per heavy atom. The molecule has 0 saturated carbocycles. The van der Waals surface area contributed by atoms with Gasteiger partial charge < -0.3 is 14.8 Å². The largest absolute Gasteiger partial charge is 0.465 e. The van der Waals surface area contributed by atoms with Crippen molar-refractivity contribution in [3.63, 3.8) is 0 Å². The number of hydrogen-bond acceptors (Lipinski definition) is 4. The van der Waals surface area contributed by atoms with Gasteiger partial charge in [0, 0.05) is 24.4 Å². The summed E-state index contributed by atoms with van der Waals surface area (Å²) < 4.78 is 10.2. The van der Waals surface area contributed by atoms with Crippen molar-refractivity contribution in [2.24, 2.45) is 0 Å². The van der Waals surface area contributed by atoms with Gasteiger partial charge in [-0.15, -0.1) is 0 Å². The van der Waals surface area contributed by atoms with E-state index >= 15 is 0 Å². The first kappa shape index (κ1) is 22.4. The molecule has 0 bridgehead atoms. The van der Waals surface area contributed by atoms with E-state index in [1.807, 2.05) is 24.3 Å². The van der Waals surface area contributed by atoms with Gasteiger partial charge in [0.25, 0.3) is 0 Å². The number of carbonyl (C=O) groups excluding carboxylic acids is 2. The fourth-order valence-electron chi connectivity index (χ4n) is 3.91. The van der Waals surface area contributed by atoms with Gasteiger partial charge in [0.2, 0.25) is 0 Å². The van der Waals surface area contributed by atoms with Gasteiger partial charge in [-0.05, 0) is 40.5 Å². The van der Waals surface area contributed by atoms with Gasteiger partial charge in [0.05, 0.1) is 17.7 Å². The van der Waals surface area contributed by atoms with Crippen LogP contribution in [-0.2, 0) is 9.47 Å². The summed E-state index contributed by atoms with van der Waals surface area (Å²) in [7, 11) is 1.30. The van der Waals surface area contributed by atoms with Crippen LogP contribution in [0.1, 0.15) is 39.4 Å². The molecule has 6 heteroatoms. The van der Waals surface area contributed by atoms with Gasteiger partial charge >= 0.3 is 12.1 Å². The first-order valence-electron chi connectivity index (χ1n) is 10.5. The van der Waals surface area contributed by atoms with Crippen molar-refractivity contribution in [1.82, 2.24) is 5.32 Å². The fourth-order valence-corrected chi connectivity index (χ4v) is 4.17. The predicted molar refractivity (Wildman–Crippen MR) is 127 cm³/mol. The number of fused-ring (bicyclic) bond motifs is 3. The average molecular weight is 460 g/mol. The molecule has 0 radical (unpaired) electrons. The molecule has 0 saturated heterocycles. The molecule has 4 rings (SSSR count). The predicted octanol–water partition coefficient (Wildman–Crippen LogP) is 5.41. The van der Waals surface area contributed by atoms with E-state index in [0.29, 0.717) is 24.1 Å². The maximum absolute atomic E-state index is 12.2. The lowest BCUT2D eigenvalue weighted by atomic mass is 9.98. The Balaban J connectivity index is 1.27. The Bertz CT molecular complexity index is 1210. The lowest BCUT2D eigenvalue weighted by Crippen LogP contribution is -2.26. The third-order valence-corrected chi connectivity index (χ3v) is 5.78. The smallest absolute Gasteiger partial charge is 0.407 e. The summed E-state index contributed by atoms with van der Waals surface area (Å²) in [4.78, 5) is 23.8. The molecule has 0 aliphatic heterocycles. The van der Waals surface area contributed by atoms with E-state index in [1.54, 1.807) is 18.2 Å². The van der Waals surface area contributed by atoms with E-state index < -0.39 is 12.1 Å². The second-order valence-corrected chi connectivity index (χ2v) is 7.90. The quantitative estimate of drug-likeness (QED) is 0.315. The zero-order chi connectivity index (χ0) is 23.2. The SMILES string of the molecule is COC(=O)c1ccc(C#CCCNC(=O)OCC2c3ccccc3-c3ccccc32)cc1Cl. The van der Waals surface area contributed by atoms with Crippen LogP contribution in [0.15, 0.2) is 66.7 Å². The van der Waals surface area contributed by atoms with Crippen LogP contribution in [0.2, 0.25) is 5.02 Å². The van der Waals surface area contributed by atoms with Crippen LogP contribution in [0.25, 0.3) is 11.1 Å². The van der Waals surface area contributed by atoms with Crippen LogP contribution < -0.4 is 5.32 Å². The van der Waals surface area contributed by atoms with Crippen LogP contribution in [0.3, 0.4) is 0 Å². The minimum absolute atomic E-state index is 0.0284. The molecule has 3 aromatic carbocycles. The highest BCUT2D eigenvalue weighted by molar-refractivity contribution is 6.33. The molecule has 0 aromatic heterocycles. The number of benzene rings is 3. The van der Waals surface area contributed by atoms with E-state index in [1.165, 1.54) is 29.4 Å². The molecule has 0 spiro atoms. The number of carbonyl (C=O) groups is 2. The summed E-state index contributed by atoms with van der Waals surface area (Å²) in [5.74, 6) is 5.47. The highest BCUT2D eigenvalue weighted by atomic mass is 35.5. The van der Waals surface area contributed by atoms with Crippen molar-refractivity contribution in [2.45, 2.75) is 12.3 Å². The van der Waals surface area contributed by atoms with Crippen molar-refractivity contribution in [3.05, 3.63) is 94.0 Å². The third kappa shape index (κ3) is 5.02. The molecule has 1 aliphatic carbocycles. The van der Waals surface area contributed by atoms with Crippen LogP contribution in [0.4, 0.5) is 4.79 Å². The third-order valence-electron chi connectivity index (χ3n) is 5.47. The lowest BCUT2D eigenvalue weighted by Gasteiger charge is -2.14. The summed E-state index contributed by atoms with van der Waals surface area (Å²) in [6.45, 7) is 0.633. The summed E-state index contributed by atoms with van der Waals surface area (Å²) in [5.41, 5.74) is 5.70. The van der Waals surface area contributed by atoms with Gasteiger partial charge in [-0.25, -0.2) is 9.59 Å². The maximum atomic E-state index is 12.2. The van der Waals surface area contributed by atoms with Gasteiger partial charge in [0.1, 0.15) is 6.61 Å². The zero-order valence-electron chi connectivity index (χ0n) is 18.1. The molecular weight excluding hydrogens is 438 g/mol. The second-order valence-electron chi connectivity index (χ2n) is 7.49. The molecule has 0 atom stereocenters. The number of methoxy groups -OCH3 is 1. The monoisotopic (exact) mass is 459 g/mol. The summed E-state index contributed by atoms with van der Waals surface area (Å²) >= 11 is 6.09. The number of halogens is 1. The molecular formula is C27H22ClNO4. The Hall–Kier alpha value is -3.75. The highest BCUT2D eigenvalue weighted by Crippen LogP contribution is 2.44. The Morgan fingerprint density at radius 2 is 1.67 bits per heavy atom. The van der Waals surface area contributed by atoms with Crippen molar-refractivity contribution in [3.8, 4) is 23.0 Å². The molecule has 3 aromatic rings. The molecule has 166 valence electrons. The number of alkyl carbamates (subject to hydrolysis) is 1. The van der Waals surface area contributed by atoms with Crippen molar-refractivity contribution in [2.75, 3.05) is 20.3 Å². The highest BCUT2D eigenvalue weighted by Gasteiger charge is 2.28. The number of esters is 1. The van der Waals surface area contributed by atoms with Gasteiger partial charge in [-0.1, -0.05) is 72.0 Å². The zero-order valence-corrected chi connectivity index (χ0v) is 18.8. The van der Waals surface area contributed by atoms with Crippen molar-refractivity contribution < 1.29 is 19.1 Å². The molecule has 1 N–H and O–H groups in total. The second kappa shape index (κ2) is 10.2. The number of hydrogen-bond donors (Lipinski definition) is 1.